The van der Waals surface area contributed by atoms with Gasteiger partial charge in [0, 0.05) is 6.61 Å². The Hall–Kier alpha value is -0.830. The van der Waals surface area contributed by atoms with Crippen LogP contribution in [0.1, 0.15) is 39.0 Å². The number of rotatable bonds is 6. The Bertz CT molecular complexity index is 111. The molecule has 0 bridgehead atoms. The minimum absolute atomic E-state index is 0.250. The van der Waals surface area contributed by atoms with Crippen molar-refractivity contribution in [2.45, 2.75) is 39.0 Å². The van der Waals surface area contributed by atoms with Crippen LogP contribution in [0.3, 0.4) is 0 Å². The van der Waals surface area contributed by atoms with Crippen molar-refractivity contribution in [3.63, 3.8) is 0 Å². The fourth-order valence-corrected chi connectivity index (χ4v) is 0.822. The Kier molecular flexibility index (Phi) is 19.5. The van der Waals surface area contributed by atoms with Crippen molar-refractivity contribution in [3.8, 4) is 0 Å². The summed E-state index contributed by atoms with van der Waals surface area (Å²) < 4.78 is 0. The molecule has 0 aliphatic rings. The SMILES string of the molecule is CCCCCC=CCCO.O=CO. The molecule has 3 heteroatoms. The molecule has 0 aromatic heterocycles. The molecule has 0 aliphatic heterocycles. The highest BCUT2D eigenvalue weighted by Crippen LogP contribution is 1.99. The lowest BCUT2D eigenvalue weighted by Gasteiger charge is -1.90. The van der Waals surface area contributed by atoms with Crippen LogP contribution in [0.15, 0.2) is 12.2 Å². The van der Waals surface area contributed by atoms with Crippen molar-refractivity contribution in [2.75, 3.05) is 6.61 Å². The molecule has 0 saturated heterocycles. The second-order valence-corrected chi connectivity index (χ2v) is 2.58. The van der Waals surface area contributed by atoms with Crippen LogP contribution in [0.4, 0.5) is 0 Å². The molecule has 0 amide bonds. The summed E-state index contributed by atoms with van der Waals surface area (Å²) in [6.07, 6.45) is 10.1. The average Bonchev–Trinajstić information content (AvgIpc) is 2.13. The van der Waals surface area contributed by atoms with Gasteiger partial charge in [-0.1, -0.05) is 31.9 Å². The van der Waals surface area contributed by atoms with Crippen LogP contribution >= 0.6 is 0 Å². The van der Waals surface area contributed by atoms with Crippen molar-refractivity contribution in [1.29, 1.82) is 0 Å². The molecule has 0 unspecified atom stereocenters. The van der Waals surface area contributed by atoms with E-state index in [0.29, 0.717) is 0 Å². The molecule has 0 heterocycles. The molecule has 0 radical (unpaired) electrons. The number of carboxylic acid groups (broad SMARTS) is 1. The van der Waals surface area contributed by atoms with Crippen molar-refractivity contribution in [3.05, 3.63) is 12.2 Å². The Balaban J connectivity index is 0. The molecule has 0 saturated carbocycles. The van der Waals surface area contributed by atoms with Gasteiger partial charge in [-0.15, -0.1) is 0 Å². The van der Waals surface area contributed by atoms with E-state index in [1.54, 1.807) is 0 Å². The first-order valence-corrected chi connectivity index (χ1v) is 4.67. The topological polar surface area (TPSA) is 57.5 Å². The molecule has 2 N–H and O–H groups in total. The standard InChI is InChI=1S/C9H18O.CH2O2/c1-2-3-4-5-6-7-8-9-10;2-1-3/h6-7,10H,2-5,8-9H2,1H3;1H,(H,2,3). The largest absolute Gasteiger partial charge is 0.483 e. The first-order valence-electron chi connectivity index (χ1n) is 4.67. The van der Waals surface area contributed by atoms with Gasteiger partial charge in [-0.3, -0.25) is 4.79 Å². The third-order valence-corrected chi connectivity index (χ3v) is 1.44. The van der Waals surface area contributed by atoms with Gasteiger partial charge >= 0.3 is 0 Å². The molecule has 78 valence electrons. The molecule has 0 aliphatic carbocycles. The van der Waals surface area contributed by atoms with Gasteiger partial charge in [-0.05, 0) is 19.3 Å². The van der Waals surface area contributed by atoms with Gasteiger partial charge in [0.2, 0.25) is 0 Å². The number of hydrogen-bond donors (Lipinski definition) is 2. The van der Waals surface area contributed by atoms with E-state index in [-0.39, 0.29) is 13.1 Å². The second kappa shape index (κ2) is 17.3. The fraction of sp³-hybridized carbons (Fsp3) is 0.700. The van der Waals surface area contributed by atoms with E-state index in [4.69, 9.17) is 15.0 Å². The molecular weight excluding hydrogens is 168 g/mol. The summed E-state index contributed by atoms with van der Waals surface area (Å²) in [4.78, 5) is 8.36. The molecule has 0 aromatic carbocycles. The van der Waals surface area contributed by atoms with Gasteiger partial charge in [0.05, 0.1) is 0 Å². The Morgan fingerprint density at radius 3 is 2.15 bits per heavy atom. The van der Waals surface area contributed by atoms with E-state index in [1.807, 2.05) is 0 Å². The fourth-order valence-electron chi connectivity index (χ4n) is 0.822. The van der Waals surface area contributed by atoms with E-state index >= 15 is 0 Å². The summed E-state index contributed by atoms with van der Waals surface area (Å²) >= 11 is 0. The Morgan fingerprint density at radius 2 is 1.69 bits per heavy atom. The maximum absolute atomic E-state index is 8.42. The van der Waals surface area contributed by atoms with Crippen LogP contribution in [0.2, 0.25) is 0 Å². The molecule has 13 heavy (non-hydrogen) atoms. The van der Waals surface area contributed by atoms with E-state index < -0.39 is 0 Å². The smallest absolute Gasteiger partial charge is 0.290 e. The summed E-state index contributed by atoms with van der Waals surface area (Å²) in [6.45, 7) is 2.24. The highest BCUT2D eigenvalue weighted by atomic mass is 16.3. The second-order valence-electron chi connectivity index (χ2n) is 2.58. The van der Waals surface area contributed by atoms with Crippen LogP contribution in [0.25, 0.3) is 0 Å². The van der Waals surface area contributed by atoms with Crippen LogP contribution < -0.4 is 0 Å². The van der Waals surface area contributed by atoms with Crippen LogP contribution in [0.5, 0.6) is 0 Å². The third kappa shape index (κ3) is 24.7. The molecule has 0 atom stereocenters. The number of aliphatic hydroxyl groups is 1. The first kappa shape index (κ1) is 14.7. The quantitative estimate of drug-likeness (QED) is 0.381. The lowest BCUT2D eigenvalue weighted by Crippen LogP contribution is -1.76. The van der Waals surface area contributed by atoms with Crippen LogP contribution in [0, 0.1) is 0 Å². The maximum atomic E-state index is 8.42. The zero-order chi connectivity index (χ0) is 10.4. The van der Waals surface area contributed by atoms with Crippen LogP contribution in [-0.2, 0) is 4.79 Å². The number of unbranched alkanes of at least 4 members (excludes halogenated alkanes) is 3. The van der Waals surface area contributed by atoms with Gasteiger partial charge in [0.15, 0.2) is 0 Å². The van der Waals surface area contributed by atoms with Crippen molar-refractivity contribution < 1.29 is 15.0 Å². The third-order valence-electron chi connectivity index (χ3n) is 1.44. The minimum Gasteiger partial charge on any atom is -0.483 e. The van der Waals surface area contributed by atoms with Gasteiger partial charge in [-0.25, -0.2) is 0 Å². The zero-order valence-electron chi connectivity index (χ0n) is 8.28. The highest BCUT2D eigenvalue weighted by Gasteiger charge is 1.80. The van der Waals surface area contributed by atoms with Crippen molar-refractivity contribution in [2.24, 2.45) is 0 Å². The van der Waals surface area contributed by atoms with Gasteiger partial charge < -0.3 is 10.2 Å². The van der Waals surface area contributed by atoms with E-state index in [0.717, 1.165) is 6.42 Å². The molecule has 0 aromatic rings. The lowest BCUT2D eigenvalue weighted by molar-refractivity contribution is -0.122. The predicted molar refractivity (Wildman–Crippen MR) is 53.7 cm³/mol. The monoisotopic (exact) mass is 188 g/mol. The number of aliphatic hydroxyl groups excluding tert-OH is 1. The molecule has 0 rings (SSSR count). The van der Waals surface area contributed by atoms with E-state index in [2.05, 4.69) is 19.1 Å². The zero-order valence-corrected chi connectivity index (χ0v) is 8.28. The van der Waals surface area contributed by atoms with Crippen molar-refractivity contribution >= 4 is 6.47 Å². The maximum Gasteiger partial charge on any atom is 0.290 e. The number of carbonyl (C=O) groups is 1. The Morgan fingerprint density at radius 1 is 1.15 bits per heavy atom. The lowest BCUT2D eigenvalue weighted by atomic mass is 10.2. The van der Waals surface area contributed by atoms with Gasteiger partial charge in [-0.2, -0.15) is 0 Å². The minimum atomic E-state index is -0.250. The highest BCUT2D eigenvalue weighted by molar-refractivity contribution is 5.32. The molecule has 0 fully saturated rings. The summed E-state index contributed by atoms with van der Waals surface area (Å²) in [6, 6.07) is 0. The van der Waals surface area contributed by atoms with Crippen LogP contribution in [-0.4, -0.2) is 23.3 Å². The predicted octanol–water partition coefficient (Wildman–Crippen LogP) is 2.21. The molecule has 0 spiro atoms. The molecule has 3 nitrogen and oxygen atoms in total. The summed E-state index contributed by atoms with van der Waals surface area (Å²) in [5.74, 6) is 0. The van der Waals surface area contributed by atoms with Gasteiger partial charge in [0.1, 0.15) is 0 Å². The number of hydrogen-bond acceptors (Lipinski definition) is 2. The number of allylic oxidation sites excluding steroid dienone is 1. The molecular formula is C10H20O3. The van der Waals surface area contributed by atoms with E-state index in [9.17, 15) is 0 Å². The average molecular weight is 188 g/mol. The summed E-state index contributed by atoms with van der Waals surface area (Å²) in [7, 11) is 0. The summed E-state index contributed by atoms with van der Waals surface area (Å²) in [5.41, 5.74) is 0. The van der Waals surface area contributed by atoms with Crippen molar-refractivity contribution in [1.82, 2.24) is 0 Å². The summed E-state index contributed by atoms with van der Waals surface area (Å²) in [5, 5.41) is 15.3. The first-order chi connectivity index (χ1) is 6.33. The Labute approximate surface area is 80.1 Å². The van der Waals surface area contributed by atoms with Gasteiger partial charge in [0.25, 0.3) is 6.47 Å². The van der Waals surface area contributed by atoms with E-state index in [1.165, 1.54) is 25.7 Å². The normalized spacial score (nSPS) is 9.38.